The van der Waals surface area contributed by atoms with E-state index >= 15 is 0 Å². The number of aromatic nitrogens is 2. The van der Waals surface area contributed by atoms with Crippen LogP contribution in [0.1, 0.15) is 17.2 Å². The lowest BCUT2D eigenvalue weighted by Crippen LogP contribution is -2.34. The fourth-order valence-electron chi connectivity index (χ4n) is 3.08. The lowest BCUT2D eigenvalue weighted by atomic mass is 10.1. The predicted molar refractivity (Wildman–Crippen MR) is 94.3 cm³/mol. The number of alkyl halides is 3. The molecule has 3 rings (SSSR count). The zero-order valence-electron chi connectivity index (χ0n) is 14.8. The number of amides is 1. The first-order valence-electron chi connectivity index (χ1n) is 8.52. The summed E-state index contributed by atoms with van der Waals surface area (Å²) >= 11 is 0. The summed E-state index contributed by atoms with van der Waals surface area (Å²) in [5, 5.41) is 4.06. The highest BCUT2D eigenvalue weighted by Crippen LogP contribution is 2.29. The van der Waals surface area contributed by atoms with E-state index in [-0.39, 0.29) is 31.2 Å². The van der Waals surface area contributed by atoms with Crippen molar-refractivity contribution in [2.75, 3.05) is 13.1 Å². The Morgan fingerprint density at radius 1 is 1.25 bits per heavy atom. The maximum Gasteiger partial charge on any atom is 0.416 e. The normalized spacial score (nSPS) is 19.6. The average molecular weight is 393 g/mol. The van der Waals surface area contributed by atoms with Gasteiger partial charge in [0.25, 0.3) is 5.56 Å². The van der Waals surface area contributed by atoms with Gasteiger partial charge in [0.2, 0.25) is 5.91 Å². The maximum atomic E-state index is 12.7. The fraction of sp³-hybridized carbons (Fsp3) is 0.316. The largest absolute Gasteiger partial charge is 0.416 e. The van der Waals surface area contributed by atoms with E-state index in [0.717, 1.165) is 12.1 Å². The molecule has 0 saturated carbocycles. The summed E-state index contributed by atoms with van der Waals surface area (Å²) in [6.07, 6.45) is -2.30. The van der Waals surface area contributed by atoms with Crippen LogP contribution < -0.4 is 5.56 Å². The zero-order valence-corrected chi connectivity index (χ0v) is 14.8. The van der Waals surface area contributed by atoms with Crippen molar-refractivity contribution in [3.63, 3.8) is 0 Å². The molecule has 1 saturated heterocycles. The van der Waals surface area contributed by atoms with Gasteiger partial charge in [0, 0.05) is 25.4 Å². The Kier molecular flexibility index (Phi) is 5.64. The third-order valence-corrected chi connectivity index (χ3v) is 4.52. The van der Waals surface area contributed by atoms with Gasteiger partial charge in [-0.1, -0.05) is 18.7 Å². The molecule has 0 aliphatic carbocycles. The highest BCUT2D eigenvalue weighted by Gasteiger charge is 2.37. The van der Waals surface area contributed by atoms with E-state index in [4.69, 9.17) is 4.74 Å². The number of halogens is 3. The van der Waals surface area contributed by atoms with Crippen LogP contribution in [0.4, 0.5) is 13.2 Å². The van der Waals surface area contributed by atoms with Crippen LogP contribution in [0, 0.1) is 0 Å². The number of ether oxygens (including phenoxy) is 1. The molecule has 28 heavy (non-hydrogen) atoms. The first-order valence-corrected chi connectivity index (χ1v) is 8.52. The van der Waals surface area contributed by atoms with E-state index < -0.39 is 23.9 Å². The van der Waals surface area contributed by atoms with Crippen molar-refractivity contribution in [1.29, 1.82) is 0 Å². The Labute approximate surface area is 158 Å². The van der Waals surface area contributed by atoms with Gasteiger partial charge in [0.15, 0.2) is 0 Å². The minimum atomic E-state index is -4.40. The summed E-state index contributed by atoms with van der Waals surface area (Å²) in [4.78, 5) is 25.6. The fourth-order valence-corrected chi connectivity index (χ4v) is 3.08. The molecule has 0 bridgehead atoms. The third-order valence-electron chi connectivity index (χ3n) is 4.52. The molecule has 0 unspecified atom stereocenters. The van der Waals surface area contributed by atoms with Crippen molar-refractivity contribution in [2.45, 2.75) is 24.9 Å². The summed E-state index contributed by atoms with van der Waals surface area (Å²) < 4.78 is 45.1. The third kappa shape index (κ3) is 4.30. The second-order valence-electron chi connectivity index (χ2n) is 6.37. The molecule has 1 aromatic heterocycles. The molecule has 0 N–H and O–H groups in total. The first kappa shape index (κ1) is 19.8. The highest BCUT2D eigenvalue weighted by atomic mass is 19.4. The summed E-state index contributed by atoms with van der Waals surface area (Å²) in [6.45, 7) is 3.94. The van der Waals surface area contributed by atoms with Crippen LogP contribution in [-0.2, 0) is 22.3 Å². The van der Waals surface area contributed by atoms with Gasteiger partial charge < -0.3 is 9.64 Å². The Hall–Kier alpha value is -2.94. The summed E-state index contributed by atoms with van der Waals surface area (Å²) in [5.74, 6) is -0.297. The molecule has 0 radical (unpaired) electrons. The number of carbonyl (C=O) groups is 1. The molecule has 0 spiro atoms. The smallest absolute Gasteiger partial charge is 0.369 e. The van der Waals surface area contributed by atoms with Gasteiger partial charge >= 0.3 is 6.18 Å². The van der Waals surface area contributed by atoms with Crippen molar-refractivity contribution >= 4 is 5.91 Å². The molecular formula is C19H18F3N3O3. The number of likely N-dealkylation sites (tertiary alicyclic amines) is 1. The Morgan fingerprint density at radius 2 is 1.96 bits per heavy atom. The molecule has 2 atom stereocenters. The number of carbonyl (C=O) groups excluding carboxylic acids is 1. The molecule has 2 aromatic rings. The molecule has 1 amide bonds. The Balaban J connectivity index is 1.76. The van der Waals surface area contributed by atoms with E-state index in [1.165, 1.54) is 46.1 Å². The summed E-state index contributed by atoms with van der Waals surface area (Å²) in [7, 11) is 0. The predicted octanol–water partition coefficient (Wildman–Crippen LogP) is 2.42. The van der Waals surface area contributed by atoms with Crippen molar-refractivity contribution < 1.29 is 22.7 Å². The number of hydrogen-bond acceptors (Lipinski definition) is 4. The second-order valence-corrected chi connectivity index (χ2v) is 6.37. The quantitative estimate of drug-likeness (QED) is 0.732. The molecule has 1 aliphatic heterocycles. The molecular weight excluding hydrogens is 375 g/mol. The van der Waals surface area contributed by atoms with Crippen LogP contribution >= 0.6 is 0 Å². The van der Waals surface area contributed by atoms with Crippen LogP contribution in [0.2, 0.25) is 0 Å². The highest BCUT2D eigenvalue weighted by molar-refractivity contribution is 5.87. The van der Waals surface area contributed by atoms with Gasteiger partial charge in [-0.15, -0.1) is 0 Å². The van der Waals surface area contributed by atoms with Gasteiger partial charge in [-0.05, 0) is 29.8 Å². The van der Waals surface area contributed by atoms with Gasteiger partial charge in [0.05, 0.1) is 18.3 Å². The lowest BCUT2D eigenvalue weighted by molar-refractivity contribution is -0.137. The number of rotatable bonds is 5. The number of benzene rings is 1. The van der Waals surface area contributed by atoms with Crippen LogP contribution in [0.5, 0.6) is 0 Å². The molecule has 1 aliphatic rings. The van der Waals surface area contributed by atoms with E-state index in [9.17, 15) is 22.8 Å². The topological polar surface area (TPSA) is 64.4 Å². The SMILES string of the molecule is C=CC(=O)N1C[C@@H](n2ncccc2=O)[C@H](OCc2ccc(C(F)(F)F)cc2)C1. The molecule has 9 heteroatoms. The van der Waals surface area contributed by atoms with Crippen molar-refractivity contribution in [1.82, 2.24) is 14.7 Å². The van der Waals surface area contributed by atoms with E-state index in [1.54, 1.807) is 0 Å². The monoisotopic (exact) mass is 393 g/mol. The standard InChI is InChI=1S/C19H18F3N3O3/c1-2-17(26)24-10-15(25-18(27)4-3-9-23-25)16(11-24)28-12-13-5-7-14(8-6-13)19(20,21)22/h2-9,15-16H,1,10-12H2/t15-,16-/m1/s1. The van der Waals surface area contributed by atoms with Crippen molar-refractivity contribution in [2.24, 2.45) is 0 Å². The lowest BCUT2D eigenvalue weighted by Gasteiger charge is -2.19. The van der Waals surface area contributed by atoms with Gasteiger partial charge in [0.1, 0.15) is 6.04 Å². The number of hydrogen-bond donors (Lipinski definition) is 0. The van der Waals surface area contributed by atoms with E-state index in [1.807, 2.05) is 0 Å². The van der Waals surface area contributed by atoms with Gasteiger partial charge in [-0.25, -0.2) is 4.68 Å². The summed E-state index contributed by atoms with van der Waals surface area (Å²) in [5.41, 5.74) is -0.519. The average Bonchev–Trinajstić information content (AvgIpc) is 3.10. The van der Waals surface area contributed by atoms with Crippen LogP contribution in [0.3, 0.4) is 0 Å². The molecule has 1 aromatic carbocycles. The second kappa shape index (κ2) is 7.97. The van der Waals surface area contributed by atoms with Gasteiger partial charge in [-0.3, -0.25) is 9.59 Å². The van der Waals surface area contributed by atoms with Crippen molar-refractivity contribution in [3.05, 3.63) is 76.7 Å². The molecule has 1 fully saturated rings. The Morgan fingerprint density at radius 3 is 2.57 bits per heavy atom. The van der Waals surface area contributed by atoms with Crippen LogP contribution in [0.15, 0.2) is 60.0 Å². The maximum absolute atomic E-state index is 12.7. The van der Waals surface area contributed by atoms with E-state index in [2.05, 4.69) is 11.7 Å². The first-order chi connectivity index (χ1) is 13.3. The van der Waals surface area contributed by atoms with Gasteiger partial charge in [-0.2, -0.15) is 18.3 Å². The van der Waals surface area contributed by atoms with Crippen molar-refractivity contribution in [3.8, 4) is 0 Å². The molecule has 2 heterocycles. The summed E-state index contributed by atoms with van der Waals surface area (Å²) in [6, 6.07) is 7.02. The Bertz CT molecular complexity index is 909. The van der Waals surface area contributed by atoms with Crippen LogP contribution in [0.25, 0.3) is 0 Å². The molecule has 148 valence electrons. The van der Waals surface area contributed by atoms with E-state index in [0.29, 0.717) is 5.56 Å². The number of nitrogens with zero attached hydrogens (tertiary/aromatic N) is 3. The van der Waals surface area contributed by atoms with Crippen LogP contribution in [-0.4, -0.2) is 39.8 Å². The minimum absolute atomic E-state index is 0.0387. The zero-order chi connectivity index (χ0) is 20.3. The minimum Gasteiger partial charge on any atom is -0.369 e. The molecule has 6 nitrogen and oxygen atoms in total.